The lowest BCUT2D eigenvalue weighted by atomic mass is 10.1. The highest BCUT2D eigenvalue weighted by molar-refractivity contribution is 5.65. The van der Waals surface area contributed by atoms with E-state index in [0.717, 1.165) is 22.6 Å². The van der Waals surface area contributed by atoms with E-state index in [-0.39, 0.29) is 5.82 Å². The van der Waals surface area contributed by atoms with Gasteiger partial charge in [-0.2, -0.15) is 5.10 Å². The topological polar surface area (TPSA) is 63.7 Å². The zero-order chi connectivity index (χ0) is 23.2. The van der Waals surface area contributed by atoms with Crippen molar-refractivity contribution in [3.8, 4) is 22.9 Å². The number of hydrogen-bond donors (Lipinski definition) is 1. The van der Waals surface area contributed by atoms with E-state index in [9.17, 15) is 9.50 Å². The molecule has 0 aliphatic carbocycles. The highest BCUT2D eigenvalue weighted by Gasteiger charge is 2.24. The fraction of sp³-hybridized carbons (Fsp3) is 0.269. The molecule has 172 valence electrons. The molecule has 2 heterocycles. The summed E-state index contributed by atoms with van der Waals surface area (Å²) in [7, 11) is 1.81. The van der Waals surface area contributed by atoms with Gasteiger partial charge in [0.2, 0.25) is 5.88 Å². The second kappa shape index (κ2) is 10.5. The molecule has 0 saturated carbocycles. The summed E-state index contributed by atoms with van der Waals surface area (Å²) < 4.78 is 27.2. The third-order valence-electron chi connectivity index (χ3n) is 5.43. The summed E-state index contributed by atoms with van der Waals surface area (Å²) in [6, 6.07) is 19.7. The summed E-state index contributed by atoms with van der Waals surface area (Å²) >= 11 is 0. The van der Waals surface area contributed by atoms with E-state index in [1.165, 1.54) is 12.1 Å². The van der Waals surface area contributed by atoms with Crippen LogP contribution in [0.3, 0.4) is 0 Å². The predicted octanol–water partition coefficient (Wildman–Crippen LogP) is 5.38. The summed E-state index contributed by atoms with van der Waals surface area (Å²) in [5.41, 5.74) is 2.58. The standard InChI is InChI=1S/C26H28FN3O3/c1-3-21(31)16-30(17-23-13-8-14-32-23)18-24-25(19-9-5-4-6-10-19)28-29(2)26(24)33-22-12-7-11-20(27)15-22/h4-15,21,31H,3,16-18H2,1-2H3/t21-/m0/s1. The van der Waals surface area contributed by atoms with Crippen LogP contribution in [-0.4, -0.2) is 32.4 Å². The number of aliphatic hydroxyl groups is 1. The van der Waals surface area contributed by atoms with E-state index in [1.807, 2.05) is 56.4 Å². The largest absolute Gasteiger partial charge is 0.468 e. The van der Waals surface area contributed by atoms with Crippen LogP contribution in [0.4, 0.5) is 4.39 Å². The first-order chi connectivity index (χ1) is 16.0. The van der Waals surface area contributed by atoms with Crippen LogP contribution in [0, 0.1) is 5.82 Å². The van der Waals surface area contributed by atoms with Gasteiger partial charge in [0, 0.05) is 31.8 Å². The summed E-state index contributed by atoms with van der Waals surface area (Å²) in [6.45, 7) is 3.39. The molecule has 4 rings (SSSR count). The van der Waals surface area contributed by atoms with Crippen LogP contribution in [0.15, 0.2) is 77.4 Å². The molecule has 0 amide bonds. The predicted molar refractivity (Wildman–Crippen MR) is 124 cm³/mol. The van der Waals surface area contributed by atoms with Crippen LogP contribution in [0.2, 0.25) is 0 Å². The summed E-state index contributed by atoms with van der Waals surface area (Å²) in [6.07, 6.45) is 1.80. The second-order valence-electron chi connectivity index (χ2n) is 7.99. The van der Waals surface area contributed by atoms with E-state index >= 15 is 0 Å². The molecule has 0 aliphatic heterocycles. The molecule has 0 aliphatic rings. The summed E-state index contributed by atoms with van der Waals surface area (Å²) in [5.74, 6) is 1.35. The van der Waals surface area contributed by atoms with Crippen LogP contribution in [0.1, 0.15) is 24.7 Å². The summed E-state index contributed by atoms with van der Waals surface area (Å²) in [5, 5.41) is 15.1. The fourth-order valence-corrected chi connectivity index (χ4v) is 3.75. The minimum atomic E-state index is -0.482. The zero-order valence-corrected chi connectivity index (χ0v) is 18.8. The first-order valence-electron chi connectivity index (χ1n) is 11.0. The zero-order valence-electron chi connectivity index (χ0n) is 18.8. The van der Waals surface area contributed by atoms with Gasteiger partial charge >= 0.3 is 0 Å². The minimum Gasteiger partial charge on any atom is -0.468 e. The number of rotatable bonds is 10. The van der Waals surface area contributed by atoms with Crippen molar-refractivity contribution in [2.45, 2.75) is 32.5 Å². The Morgan fingerprint density at radius 1 is 1.09 bits per heavy atom. The normalized spacial score (nSPS) is 12.3. The number of aliphatic hydroxyl groups excluding tert-OH is 1. The molecule has 0 unspecified atom stereocenters. The molecule has 2 aromatic heterocycles. The quantitative estimate of drug-likeness (QED) is 0.352. The first-order valence-corrected chi connectivity index (χ1v) is 11.0. The molecule has 7 heteroatoms. The molecule has 4 aromatic rings. The fourth-order valence-electron chi connectivity index (χ4n) is 3.75. The van der Waals surface area contributed by atoms with Gasteiger partial charge in [-0.15, -0.1) is 0 Å². The van der Waals surface area contributed by atoms with E-state index in [4.69, 9.17) is 14.3 Å². The smallest absolute Gasteiger partial charge is 0.222 e. The molecule has 2 aromatic carbocycles. The number of aryl methyl sites for hydroxylation is 1. The van der Waals surface area contributed by atoms with Gasteiger partial charge in [-0.3, -0.25) is 4.90 Å². The Hall–Kier alpha value is -3.42. The Morgan fingerprint density at radius 2 is 1.91 bits per heavy atom. The van der Waals surface area contributed by atoms with Gasteiger partial charge in [-0.05, 0) is 30.7 Å². The Labute approximate surface area is 192 Å². The van der Waals surface area contributed by atoms with Gasteiger partial charge in [0.25, 0.3) is 0 Å². The Bertz CT molecular complexity index is 1160. The van der Waals surface area contributed by atoms with Crippen molar-refractivity contribution in [1.82, 2.24) is 14.7 Å². The van der Waals surface area contributed by atoms with Crippen molar-refractivity contribution in [1.29, 1.82) is 0 Å². The lowest BCUT2D eigenvalue weighted by molar-refractivity contribution is 0.0970. The van der Waals surface area contributed by atoms with Crippen LogP contribution in [0.25, 0.3) is 11.3 Å². The van der Waals surface area contributed by atoms with Gasteiger partial charge in [0.15, 0.2) is 0 Å². The highest BCUT2D eigenvalue weighted by atomic mass is 19.1. The number of ether oxygens (including phenoxy) is 1. The van der Waals surface area contributed by atoms with Crippen molar-refractivity contribution >= 4 is 0 Å². The maximum absolute atomic E-state index is 13.8. The lowest BCUT2D eigenvalue weighted by Crippen LogP contribution is -2.31. The molecule has 0 spiro atoms. The van der Waals surface area contributed by atoms with Crippen LogP contribution in [0.5, 0.6) is 11.6 Å². The number of benzene rings is 2. The van der Waals surface area contributed by atoms with Gasteiger partial charge < -0.3 is 14.3 Å². The number of furan rings is 1. The van der Waals surface area contributed by atoms with Crippen molar-refractivity contribution in [2.24, 2.45) is 7.05 Å². The van der Waals surface area contributed by atoms with E-state index in [2.05, 4.69) is 4.90 Å². The first kappa shape index (κ1) is 22.8. The van der Waals surface area contributed by atoms with Crippen LogP contribution < -0.4 is 4.74 Å². The van der Waals surface area contributed by atoms with Gasteiger partial charge in [-0.25, -0.2) is 9.07 Å². The molecule has 0 saturated heterocycles. The van der Waals surface area contributed by atoms with E-state index in [1.54, 1.807) is 23.1 Å². The third kappa shape index (κ3) is 5.69. The second-order valence-corrected chi connectivity index (χ2v) is 7.99. The summed E-state index contributed by atoms with van der Waals surface area (Å²) in [4.78, 5) is 2.11. The number of nitrogens with zero attached hydrogens (tertiary/aromatic N) is 3. The highest BCUT2D eigenvalue weighted by Crippen LogP contribution is 2.34. The van der Waals surface area contributed by atoms with Crippen molar-refractivity contribution in [2.75, 3.05) is 6.54 Å². The molecular formula is C26H28FN3O3. The van der Waals surface area contributed by atoms with Crippen molar-refractivity contribution in [3.63, 3.8) is 0 Å². The Balaban J connectivity index is 1.73. The third-order valence-corrected chi connectivity index (χ3v) is 5.43. The molecular weight excluding hydrogens is 421 g/mol. The molecule has 0 bridgehead atoms. The van der Waals surface area contributed by atoms with Crippen LogP contribution >= 0.6 is 0 Å². The lowest BCUT2D eigenvalue weighted by Gasteiger charge is -2.24. The monoisotopic (exact) mass is 449 g/mol. The van der Waals surface area contributed by atoms with Gasteiger partial charge in [-0.1, -0.05) is 43.3 Å². The molecule has 1 N–H and O–H groups in total. The molecule has 33 heavy (non-hydrogen) atoms. The minimum absolute atomic E-state index is 0.370. The SMILES string of the molecule is CC[C@H](O)CN(Cc1ccco1)Cc1c(-c2ccccc2)nn(C)c1Oc1cccc(F)c1. The average molecular weight is 450 g/mol. The number of aromatic nitrogens is 2. The maximum Gasteiger partial charge on any atom is 0.222 e. The molecule has 1 atom stereocenters. The molecule has 0 fully saturated rings. The molecule has 6 nitrogen and oxygen atoms in total. The number of halogens is 1. The number of hydrogen-bond acceptors (Lipinski definition) is 5. The average Bonchev–Trinajstić information content (AvgIpc) is 3.43. The van der Waals surface area contributed by atoms with Crippen molar-refractivity contribution < 1.29 is 18.7 Å². The maximum atomic E-state index is 13.8. The Kier molecular flexibility index (Phi) is 7.22. The molecule has 0 radical (unpaired) electrons. The van der Waals surface area contributed by atoms with Gasteiger partial charge in [0.1, 0.15) is 23.0 Å². The van der Waals surface area contributed by atoms with Crippen molar-refractivity contribution in [3.05, 3.63) is 90.1 Å². The van der Waals surface area contributed by atoms with E-state index in [0.29, 0.717) is 37.7 Å². The van der Waals surface area contributed by atoms with Crippen LogP contribution in [-0.2, 0) is 20.1 Å². The Morgan fingerprint density at radius 3 is 2.61 bits per heavy atom. The van der Waals surface area contributed by atoms with E-state index < -0.39 is 6.10 Å². The van der Waals surface area contributed by atoms with Gasteiger partial charge in [0.05, 0.1) is 24.5 Å².